The average Bonchev–Trinajstić information content (AvgIpc) is 1.61. The molecule has 3 aromatic heterocycles. The number of benzene rings is 5. The normalized spacial score (nSPS) is 16.5. The molecule has 13 heteroatoms. The summed E-state index contributed by atoms with van der Waals surface area (Å²) in [4.78, 5) is 52.3. The van der Waals surface area contributed by atoms with Crippen LogP contribution < -0.4 is 39.7 Å². The first-order valence-electron chi connectivity index (χ1n) is 37.2. The molecule has 6 heterocycles. The minimum absolute atomic E-state index is 0. The SMILES string of the molecule is CCCCCCCCOc1ccc(-c2c3nc(c(-c4ccc(OCCCCCCCC)cc4)c4ccc([n-]4)c(-c4ccc(OCCCCCCCC)cc4)c4nc(c(-c5ccc(NC(=O)[C@@H](C)NC(=O)c6ccc(N7C[C@@H]8[C@H](C7)[C@@H]7C=C[C@H]8C7)cc6)cc5)c5ccc2[n-]5)C=C4)C=C3)cc1.[Zn+2]. The molecule has 10 bridgehead atoms. The zero-order chi connectivity index (χ0) is 67.9. The number of nitrogens with zero attached hydrogens (tertiary/aromatic N) is 5. The fourth-order valence-corrected chi connectivity index (χ4v) is 15.1. The van der Waals surface area contributed by atoms with Crippen LogP contribution in [0.2, 0.25) is 0 Å². The Morgan fingerprint density at radius 2 is 0.790 bits per heavy atom. The zero-order valence-electron chi connectivity index (χ0n) is 59.2. The Kier molecular flexibility index (Phi) is 24.5. The van der Waals surface area contributed by atoms with Crippen molar-refractivity contribution in [1.82, 2.24) is 25.3 Å². The van der Waals surface area contributed by atoms with Gasteiger partial charge in [0.15, 0.2) is 0 Å². The predicted octanol–water partition coefficient (Wildman–Crippen LogP) is 20.8. The van der Waals surface area contributed by atoms with Crippen LogP contribution in [0.25, 0.3) is 90.9 Å². The Bertz CT molecular complexity index is 4240. The minimum atomic E-state index is -0.811. The molecule has 5 atom stereocenters. The number of allylic oxidation sites excluding steroid dienone is 2. The van der Waals surface area contributed by atoms with Crippen LogP contribution in [0.3, 0.4) is 0 Å². The quantitative estimate of drug-likeness (QED) is 0.0232. The predicted molar refractivity (Wildman–Crippen MR) is 407 cm³/mol. The summed E-state index contributed by atoms with van der Waals surface area (Å²) >= 11 is 0. The molecule has 512 valence electrons. The Morgan fingerprint density at radius 1 is 0.450 bits per heavy atom. The van der Waals surface area contributed by atoms with Gasteiger partial charge in [-0.3, -0.25) is 9.59 Å². The van der Waals surface area contributed by atoms with Crippen LogP contribution in [0, 0.1) is 23.7 Å². The Hall–Kier alpha value is -8.80. The van der Waals surface area contributed by atoms with Crippen LogP contribution in [-0.2, 0) is 24.3 Å². The van der Waals surface area contributed by atoms with E-state index in [2.05, 4.69) is 170 Å². The van der Waals surface area contributed by atoms with Gasteiger partial charge in [0.05, 0.1) is 42.6 Å². The summed E-state index contributed by atoms with van der Waals surface area (Å²) in [6, 6.07) is 48.2. The van der Waals surface area contributed by atoms with Crippen LogP contribution in [0.15, 0.2) is 158 Å². The van der Waals surface area contributed by atoms with E-state index in [0.717, 1.165) is 165 Å². The number of unbranched alkanes of at least 4 members (excludes halogenated alkanes) is 15. The Labute approximate surface area is 604 Å². The van der Waals surface area contributed by atoms with Crippen LogP contribution in [-0.4, -0.2) is 60.7 Å². The van der Waals surface area contributed by atoms with E-state index in [1.54, 1.807) is 6.92 Å². The number of hydrogen-bond acceptors (Lipinski definition) is 8. The van der Waals surface area contributed by atoms with Crippen molar-refractivity contribution < 1.29 is 43.3 Å². The molecule has 1 saturated carbocycles. The molecule has 1 saturated heterocycles. The molecular formula is C87H97N7O5Zn. The van der Waals surface area contributed by atoms with Crippen molar-refractivity contribution >= 4 is 69.6 Å². The Balaban J connectivity index is 0.00000948. The molecule has 0 spiro atoms. The topological polar surface area (TPSA) is 143 Å². The Morgan fingerprint density at radius 3 is 1.15 bits per heavy atom. The maximum absolute atomic E-state index is 13.9. The third-order valence-corrected chi connectivity index (χ3v) is 20.7. The van der Waals surface area contributed by atoms with Gasteiger partial charge in [0, 0.05) is 30.0 Å². The second-order valence-corrected chi connectivity index (χ2v) is 27.8. The van der Waals surface area contributed by atoms with E-state index < -0.39 is 6.04 Å². The van der Waals surface area contributed by atoms with Crippen molar-refractivity contribution in [2.24, 2.45) is 23.7 Å². The van der Waals surface area contributed by atoms with E-state index >= 15 is 0 Å². The second-order valence-electron chi connectivity index (χ2n) is 27.8. The monoisotopic (exact) mass is 1380 g/mol. The van der Waals surface area contributed by atoms with Crippen molar-refractivity contribution in [2.75, 3.05) is 43.1 Å². The number of fused-ring (bicyclic) bond motifs is 13. The number of nitrogens with one attached hydrogen (secondary N) is 2. The molecule has 100 heavy (non-hydrogen) atoms. The van der Waals surface area contributed by atoms with Crippen molar-refractivity contribution in [3.63, 3.8) is 0 Å². The van der Waals surface area contributed by atoms with E-state index in [9.17, 15) is 9.59 Å². The van der Waals surface area contributed by atoms with Crippen LogP contribution in [0.4, 0.5) is 11.4 Å². The molecule has 5 aliphatic rings. The molecule has 3 aliphatic heterocycles. The summed E-state index contributed by atoms with van der Waals surface area (Å²) in [7, 11) is 0. The maximum Gasteiger partial charge on any atom is 2.00 e. The first kappa shape index (κ1) is 71.0. The third kappa shape index (κ3) is 17.1. The number of rotatable bonds is 33. The number of carbonyl (C=O) groups excluding carboxylic acids is 2. The molecule has 2 amide bonds. The van der Waals surface area contributed by atoms with Gasteiger partial charge < -0.3 is 39.7 Å². The van der Waals surface area contributed by atoms with Gasteiger partial charge in [-0.05, 0) is 198 Å². The summed E-state index contributed by atoms with van der Waals surface area (Å²) in [6.45, 7) is 12.6. The van der Waals surface area contributed by atoms with Gasteiger partial charge in [0.2, 0.25) is 5.91 Å². The summed E-state index contributed by atoms with van der Waals surface area (Å²) in [5.74, 6) is 4.69. The van der Waals surface area contributed by atoms with Gasteiger partial charge in [-0.15, -0.1) is 22.1 Å². The molecule has 5 aromatic carbocycles. The number of aromatic nitrogens is 4. The van der Waals surface area contributed by atoms with Crippen molar-refractivity contribution in [2.45, 2.75) is 156 Å². The molecule has 2 N–H and O–H groups in total. The molecule has 8 aromatic rings. The number of amides is 2. The zero-order valence-corrected chi connectivity index (χ0v) is 62.1. The summed E-state index contributed by atoms with van der Waals surface area (Å²) in [6.07, 6.45) is 36.0. The molecule has 12 nitrogen and oxygen atoms in total. The van der Waals surface area contributed by atoms with E-state index in [1.807, 2.05) is 48.5 Å². The van der Waals surface area contributed by atoms with Gasteiger partial charge in [0.25, 0.3) is 5.91 Å². The second kappa shape index (κ2) is 34.5. The average molecular weight is 1390 g/mol. The smallest absolute Gasteiger partial charge is 0.657 e. The van der Waals surface area contributed by atoms with Gasteiger partial charge >= 0.3 is 19.5 Å². The summed E-state index contributed by atoms with van der Waals surface area (Å²) < 4.78 is 19.0. The van der Waals surface area contributed by atoms with E-state index in [-0.39, 0.29) is 31.3 Å². The molecule has 0 radical (unpaired) electrons. The first-order chi connectivity index (χ1) is 48.7. The van der Waals surface area contributed by atoms with Crippen LogP contribution >= 0.6 is 0 Å². The van der Waals surface area contributed by atoms with E-state index in [0.29, 0.717) is 54.1 Å². The molecule has 2 fully saturated rings. The fraction of sp³-hybridized carbons (Fsp3) is 0.379. The molecule has 2 aliphatic carbocycles. The van der Waals surface area contributed by atoms with Crippen LogP contribution in [0.1, 0.15) is 183 Å². The van der Waals surface area contributed by atoms with Gasteiger partial charge in [-0.2, -0.15) is 0 Å². The molecule has 13 rings (SSSR count). The first-order valence-corrected chi connectivity index (χ1v) is 37.2. The van der Waals surface area contributed by atoms with E-state index in [4.69, 9.17) is 34.1 Å². The van der Waals surface area contributed by atoms with Crippen LogP contribution in [0.5, 0.6) is 17.2 Å². The number of anilines is 2. The van der Waals surface area contributed by atoms with Crippen molar-refractivity contribution in [1.29, 1.82) is 0 Å². The minimum Gasteiger partial charge on any atom is -0.657 e. The third-order valence-electron chi connectivity index (χ3n) is 20.7. The number of ether oxygens (including phenoxy) is 3. The van der Waals surface area contributed by atoms with Gasteiger partial charge in [0.1, 0.15) is 23.3 Å². The van der Waals surface area contributed by atoms with Crippen molar-refractivity contribution in [3.05, 3.63) is 186 Å². The summed E-state index contributed by atoms with van der Waals surface area (Å²) in [5, 5.41) is 6.01. The number of carbonyl (C=O) groups is 2. The standard InChI is InChI=1S/C87H99N7O5.Zn/c1-5-8-11-14-17-20-53-97-69-39-29-61(30-40-69)83-76-47-45-74(90-76)82(60-25-35-67(36-26-60)89-86(95)59(4)88-87(96)64-27-37-68(38-28-64)94-57-72-65-23-24-66(56-65)73(72)58-94)75-46-48-77(91-75)84(62-31-41-70(42-32-62)98-54-21-18-15-12-9-6-2)79-50-52-81(93-79)85(80-51-49-78(83)92-80)63-33-43-71(44-34-63)99-55-22-19-16-13-10-7-3;/h23-52,59,65-66,72-73H,5-22,53-58H2,1-4H3,(H4,88,89,90,91,92,93,95,96);/q;+2/p-2/t59-,65-,66+,72-,73+;/m1./s1. The van der Waals surface area contributed by atoms with Gasteiger partial charge in [-0.1, -0.05) is 202 Å². The van der Waals surface area contributed by atoms with E-state index in [1.165, 1.54) is 83.5 Å². The molecular weight excluding hydrogens is 1290 g/mol. The fourth-order valence-electron chi connectivity index (χ4n) is 15.1. The summed E-state index contributed by atoms with van der Waals surface area (Å²) in [5.41, 5.74) is 15.4. The largest absolute Gasteiger partial charge is 2.00 e. The molecule has 0 unspecified atom stereocenters. The number of hydrogen-bond donors (Lipinski definition) is 2. The van der Waals surface area contributed by atoms with Gasteiger partial charge in [-0.25, -0.2) is 9.97 Å². The maximum atomic E-state index is 13.9. The van der Waals surface area contributed by atoms with Crippen molar-refractivity contribution in [3.8, 4) is 61.8 Å².